The van der Waals surface area contributed by atoms with Crippen LogP contribution in [-0.4, -0.2) is 33.0 Å². The maximum atomic E-state index is 11.9. The van der Waals surface area contributed by atoms with Gasteiger partial charge in [-0.2, -0.15) is 0 Å². The lowest BCUT2D eigenvalue weighted by Gasteiger charge is -2.17. The Morgan fingerprint density at radius 3 is 2.72 bits per heavy atom. The van der Waals surface area contributed by atoms with Crippen molar-refractivity contribution < 1.29 is 14.7 Å². The highest BCUT2D eigenvalue weighted by Gasteiger charge is 2.34. The van der Waals surface area contributed by atoms with E-state index in [9.17, 15) is 9.59 Å². The van der Waals surface area contributed by atoms with Gasteiger partial charge in [-0.05, 0) is 12.8 Å². The number of hydrogen-bond donors (Lipinski definition) is 3. The fourth-order valence-corrected chi connectivity index (χ4v) is 2.19. The van der Waals surface area contributed by atoms with Crippen molar-refractivity contribution in [1.82, 2.24) is 15.3 Å². The molecule has 1 heterocycles. The number of amides is 1. The monoisotopic (exact) mass is 250 g/mol. The Labute approximate surface area is 103 Å². The van der Waals surface area contributed by atoms with Crippen LogP contribution in [-0.2, 0) is 4.79 Å². The zero-order chi connectivity index (χ0) is 13.1. The number of anilines is 1. The number of hydrogen-bond acceptors (Lipinski definition) is 5. The molecule has 7 heteroatoms. The van der Waals surface area contributed by atoms with E-state index in [1.807, 2.05) is 0 Å². The van der Waals surface area contributed by atoms with E-state index in [0.29, 0.717) is 12.8 Å². The number of nitrogens with one attached hydrogen (secondary N) is 1. The second-order valence-corrected chi connectivity index (χ2v) is 4.25. The first-order chi connectivity index (χ1) is 8.59. The smallest absolute Gasteiger partial charge is 0.308 e. The molecule has 2 rings (SSSR count). The largest absolute Gasteiger partial charge is 0.481 e. The maximum Gasteiger partial charge on any atom is 0.308 e. The number of rotatable bonds is 3. The number of aliphatic carboxylic acids is 1. The molecule has 0 saturated heterocycles. The third-order valence-electron chi connectivity index (χ3n) is 3.09. The van der Waals surface area contributed by atoms with Crippen LogP contribution in [0.1, 0.15) is 29.8 Å². The number of carbonyl (C=O) groups is 2. The van der Waals surface area contributed by atoms with Gasteiger partial charge in [0.25, 0.3) is 5.91 Å². The highest BCUT2D eigenvalue weighted by atomic mass is 16.4. The molecule has 0 bridgehead atoms. The van der Waals surface area contributed by atoms with Crippen molar-refractivity contribution in [2.75, 3.05) is 5.73 Å². The highest BCUT2D eigenvalue weighted by Crippen LogP contribution is 2.26. The maximum absolute atomic E-state index is 11.9. The highest BCUT2D eigenvalue weighted by molar-refractivity contribution is 5.96. The molecular formula is C11H14N4O3. The number of nitrogen functional groups attached to an aromatic ring is 1. The zero-order valence-electron chi connectivity index (χ0n) is 9.67. The molecule has 4 N–H and O–H groups in total. The van der Waals surface area contributed by atoms with Gasteiger partial charge in [0.15, 0.2) is 11.5 Å². The van der Waals surface area contributed by atoms with Crippen molar-refractivity contribution in [3.63, 3.8) is 0 Å². The summed E-state index contributed by atoms with van der Waals surface area (Å²) >= 11 is 0. The number of nitrogens with two attached hydrogens (primary N) is 1. The van der Waals surface area contributed by atoms with Crippen LogP contribution in [0.15, 0.2) is 12.4 Å². The van der Waals surface area contributed by atoms with Crippen molar-refractivity contribution in [2.24, 2.45) is 5.92 Å². The van der Waals surface area contributed by atoms with E-state index in [2.05, 4.69) is 15.3 Å². The van der Waals surface area contributed by atoms with Crippen molar-refractivity contribution in [3.8, 4) is 0 Å². The summed E-state index contributed by atoms with van der Waals surface area (Å²) in [5.41, 5.74) is 5.58. The average Bonchev–Trinajstić information content (AvgIpc) is 2.77. The Hall–Kier alpha value is -2.18. The van der Waals surface area contributed by atoms with E-state index in [1.165, 1.54) is 12.4 Å². The van der Waals surface area contributed by atoms with E-state index in [-0.39, 0.29) is 17.6 Å². The first kappa shape index (κ1) is 12.3. The standard InChI is InChI=1S/C11H14N4O3/c12-9-8(13-4-5-14-9)10(16)15-7-3-1-2-6(7)11(17)18/h4-7H,1-3H2,(H2,12,14)(H,15,16)(H,17,18)/t6-,7+/m0/s1. The van der Waals surface area contributed by atoms with Gasteiger partial charge in [0.2, 0.25) is 0 Å². The number of carbonyl (C=O) groups excluding carboxylic acids is 1. The Morgan fingerprint density at radius 2 is 2.06 bits per heavy atom. The van der Waals surface area contributed by atoms with Gasteiger partial charge in [-0.25, -0.2) is 9.97 Å². The third-order valence-corrected chi connectivity index (χ3v) is 3.09. The molecule has 18 heavy (non-hydrogen) atoms. The van der Waals surface area contributed by atoms with Crippen molar-refractivity contribution in [1.29, 1.82) is 0 Å². The summed E-state index contributed by atoms with van der Waals surface area (Å²) in [5, 5.41) is 11.7. The van der Waals surface area contributed by atoms with Crippen LogP contribution in [0.25, 0.3) is 0 Å². The molecule has 2 atom stereocenters. The molecule has 0 aliphatic heterocycles. The minimum atomic E-state index is -0.884. The first-order valence-electron chi connectivity index (χ1n) is 5.69. The van der Waals surface area contributed by atoms with Crippen LogP contribution in [0.2, 0.25) is 0 Å². The third kappa shape index (κ3) is 2.39. The Bertz CT molecular complexity index is 477. The van der Waals surface area contributed by atoms with Crippen molar-refractivity contribution >= 4 is 17.7 Å². The molecule has 1 fully saturated rings. The Morgan fingerprint density at radius 1 is 1.33 bits per heavy atom. The molecule has 0 unspecified atom stereocenters. The van der Waals surface area contributed by atoms with E-state index in [0.717, 1.165) is 6.42 Å². The van der Waals surface area contributed by atoms with Gasteiger partial charge in [-0.3, -0.25) is 9.59 Å². The van der Waals surface area contributed by atoms with Gasteiger partial charge in [0, 0.05) is 18.4 Å². The Kier molecular flexibility index (Phi) is 3.40. The van der Waals surface area contributed by atoms with Crippen LogP contribution >= 0.6 is 0 Å². The van der Waals surface area contributed by atoms with Crippen LogP contribution in [0.5, 0.6) is 0 Å². The Balaban J connectivity index is 2.08. The van der Waals surface area contributed by atoms with Gasteiger partial charge in [0.1, 0.15) is 0 Å². The zero-order valence-corrected chi connectivity index (χ0v) is 9.67. The van der Waals surface area contributed by atoms with Gasteiger partial charge in [-0.15, -0.1) is 0 Å². The summed E-state index contributed by atoms with van der Waals surface area (Å²) in [6, 6.07) is -0.364. The SMILES string of the molecule is Nc1nccnc1C(=O)N[C@@H]1CCC[C@@H]1C(=O)O. The summed E-state index contributed by atoms with van der Waals surface area (Å²) in [5.74, 6) is -1.85. The van der Waals surface area contributed by atoms with E-state index in [1.54, 1.807) is 0 Å². The minimum absolute atomic E-state index is 0.0357. The molecule has 0 radical (unpaired) electrons. The summed E-state index contributed by atoms with van der Waals surface area (Å²) in [4.78, 5) is 30.5. The van der Waals surface area contributed by atoms with E-state index >= 15 is 0 Å². The predicted molar refractivity (Wildman–Crippen MR) is 62.7 cm³/mol. The molecule has 96 valence electrons. The summed E-state index contributed by atoms with van der Waals surface area (Å²) < 4.78 is 0. The average molecular weight is 250 g/mol. The molecule has 1 aromatic rings. The van der Waals surface area contributed by atoms with Crippen LogP contribution in [0.3, 0.4) is 0 Å². The normalized spacial score (nSPS) is 22.7. The number of aromatic nitrogens is 2. The minimum Gasteiger partial charge on any atom is -0.481 e. The quantitative estimate of drug-likeness (QED) is 0.697. The fraction of sp³-hybridized carbons (Fsp3) is 0.455. The topological polar surface area (TPSA) is 118 Å². The number of nitrogens with zero attached hydrogens (tertiary/aromatic N) is 2. The molecule has 0 spiro atoms. The molecule has 1 amide bonds. The summed E-state index contributed by atoms with van der Waals surface area (Å²) in [6.07, 6.45) is 4.79. The van der Waals surface area contributed by atoms with Gasteiger partial charge < -0.3 is 16.2 Å². The second-order valence-electron chi connectivity index (χ2n) is 4.25. The molecular weight excluding hydrogens is 236 g/mol. The van der Waals surface area contributed by atoms with Crippen molar-refractivity contribution in [3.05, 3.63) is 18.1 Å². The number of carboxylic acid groups (broad SMARTS) is 1. The van der Waals surface area contributed by atoms with Crippen LogP contribution in [0.4, 0.5) is 5.82 Å². The summed E-state index contributed by atoms with van der Waals surface area (Å²) in [7, 11) is 0. The molecule has 1 aliphatic rings. The van der Waals surface area contributed by atoms with Crippen molar-refractivity contribution in [2.45, 2.75) is 25.3 Å². The lowest BCUT2D eigenvalue weighted by atomic mass is 10.0. The first-order valence-corrected chi connectivity index (χ1v) is 5.69. The summed E-state index contributed by atoms with van der Waals surface area (Å²) in [6.45, 7) is 0. The van der Waals surface area contributed by atoms with E-state index < -0.39 is 17.8 Å². The van der Waals surface area contributed by atoms with Gasteiger partial charge in [0.05, 0.1) is 5.92 Å². The lowest BCUT2D eigenvalue weighted by molar-refractivity contribution is -0.142. The molecule has 7 nitrogen and oxygen atoms in total. The molecule has 0 aromatic carbocycles. The van der Waals surface area contributed by atoms with Gasteiger partial charge in [-0.1, -0.05) is 6.42 Å². The molecule has 1 aromatic heterocycles. The fourth-order valence-electron chi connectivity index (χ4n) is 2.19. The molecule has 1 saturated carbocycles. The van der Waals surface area contributed by atoms with Crippen LogP contribution in [0, 0.1) is 5.92 Å². The predicted octanol–water partition coefficient (Wildman–Crippen LogP) is 0.0419. The van der Waals surface area contributed by atoms with Crippen LogP contribution < -0.4 is 11.1 Å². The number of carboxylic acids is 1. The lowest BCUT2D eigenvalue weighted by Crippen LogP contribution is -2.40. The van der Waals surface area contributed by atoms with Gasteiger partial charge >= 0.3 is 5.97 Å². The second kappa shape index (κ2) is 4.99. The molecule has 1 aliphatic carbocycles. The van der Waals surface area contributed by atoms with E-state index in [4.69, 9.17) is 10.8 Å².